The van der Waals surface area contributed by atoms with Crippen LogP contribution < -0.4 is 0 Å². The summed E-state index contributed by atoms with van der Waals surface area (Å²) in [5.74, 6) is 0. The Morgan fingerprint density at radius 3 is 2.70 bits per heavy atom. The minimum absolute atomic E-state index is 0.0437. The van der Waals surface area contributed by atoms with Gasteiger partial charge < -0.3 is 0 Å². The van der Waals surface area contributed by atoms with Gasteiger partial charge in [-0.2, -0.15) is 0 Å². The van der Waals surface area contributed by atoms with Gasteiger partial charge in [-0.1, -0.05) is 18.2 Å². The van der Waals surface area contributed by atoms with Crippen molar-refractivity contribution in [2.45, 2.75) is 18.8 Å². The number of rotatable bonds is 5. The number of nitrogens with zero attached hydrogens (tertiary/aromatic N) is 1. The van der Waals surface area contributed by atoms with Gasteiger partial charge in [0.25, 0.3) is 5.69 Å². The standard InChI is InChI=1S/C14H12ClNO3S/c1-14(13(15)17,9-12-6-3-7-20-12)10-4-2-5-11(8-10)16(18)19/h2-8H,9H2,1H3. The third-order valence-electron chi connectivity index (χ3n) is 3.24. The van der Waals surface area contributed by atoms with E-state index in [2.05, 4.69) is 0 Å². The Morgan fingerprint density at radius 1 is 1.40 bits per heavy atom. The molecule has 104 valence electrons. The molecule has 0 N–H and O–H groups in total. The minimum atomic E-state index is -0.974. The molecule has 1 unspecified atom stereocenters. The molecule has 1 atom stereocenters. The molecule has 0 aliphatic heterocycles. The van der Waals surface area contributed by atoms with Gasteiger partial charge in [0.15, 0.2) is 0 Å². The van der Waals surface area contributed by atoms with Crippen molar-refractivity contribution in [2.75, 3.05) is 0 Å². The molecule has 2 aromatic rings. The summed E-state index contributed by atoms with van der Waals surface area (Å²) in [6.45, 7) is 1.71. The van der Waals surface area contributed by atoms with Crippen LogP contribution in [-0.2, 0) is 16.6 Å². The van der Waals surface area contributed by atoms with Gasteiger partial charge in [-0.15, -0.1) is 11.3 Å². The lowest BCUT2D eigenvalue weighted by molar-refractivity contribution is -0.384. The van der Waals surface area contributed by atoms with Crippen LogP contribution in [-0.4, -0.2) is 10.2 Å². The highest BCUT2D eigenvalue weighted by atomic mass is 35.5. The van der Waals surface area contributed by atoms with E-state index in [0.717, 1.165) is 4.88 Å². The van der Waals surface area contributed by atoms with Gasteiger partial charge in [0.1, 0.15) is 0 Å². The maximum Gasteiger partial charge on any atom is 0.269 e. The normalized spacial score (nSPS) is 13.7. The van der Waals surface area contributed by atoms with Gasteiger partial charge in [-0.05, 0) is 42.0 Å². The van der Waals surface area contributed by atoms with Crippen molar-refractivity contribution in [1.82, 2.24) is 0 Å². The van der Waals surface area contributed by atoms with E-state index in [1.165, 1.54) is 23.5 Å². The summed E-state index contributed by atoms with van der Waals surface area (Å²) in [5, 5.41) is 12.3. The molecular formula is C14H12ClNO3S. The number of nitro groups is 1. The first-order valence-corrected chi connectivity index (χ1v) is 7.16. The highest BCUT2D eigenvalue weighted by molar-refractivity contribution is 7.09. The van der Waals surface area contributed by atoms with Gasteiger partial charge in [0.2, 0.25) is 5.24 Å². The maximum atomic E-state index is 11.9. The lowest BCUT2D eigenvalue weighted by Crippen LogP contribution is -2.31. The first-order valence-electron chi connectivity index (χ1n) is 5.91. The first kappa shape index (κ1) is 14.7. The zero-order chi connectivity index (χ0) is 14.8. The molecule has 0 saturated carbocycles. The first-order chi connectivity index (χ1) is 9.43. The number of non-ortho nitro benzene ring substituents is 1. The molecule has 1 aromatic carbocycles. The van der Waals surface area contributed by atoms with E-state index in [0.29, 0.717) is 12.0 Å². The van der Waals surface area contributed by atoms with Crippen molar-refractivity contribution in [2.24, 2.45) is 0 Å². The average Bonchev–Trinajstić information content (AvgIpc) is 2.91. The molecule has 1 heterocycles. The number of benzene rings is 1. The van der Waals surface area contributed by atoms with Gasteiger partial charge in [0, 0.05) is 17.0 Å². The van der Waals surface area contributed by atoms with Crippen molar-refractivity contribution in [3.63, 3.8) is 0 Å². The fourth-order valence-electron chi connectivity index (χ4n) is 2.01. The molecule has 2 rings (SSSR count). The highest BCUT2D eigenvalue weighted by Gasteiger charge is 2.35. The van der Waals surface area contributed by atoms with E-state index >= 15 is 0 Å². The van der Waals surface area contributed by atoms with Gasteiger partial charge in [0.05, 0.1) is 10.3 Å². The van der Waals surface area contributed by atoms with Crippen LogP contribution in [0.4, 0.5) is 5.69 Å². The molecular weight excluding hydrogens is 298 g/mol. The third kappa shape index (κ3) is 2.89. The van der Waals surface area contributed by atoms with Gasteiger partial charge in [-0.3, -0.25) is 14.9 Å². The van der Waals surface area contributed by atoms with E-state index in [-0.39, 0.29) is 5.69 Å². The Bertz CT molecular complexity index is 642. The third-order valence-corrected chi connectivity index (χ3v) is 4.53. The summed E-state index contributed by atoms with van der Waals surface area (Å²) in [4.78, 5) is 23.3. The number of hydrogen-bond acceptors (Lipinski definition) is 4. The van der Waals surface area contributed by atoms with Crippen LogP contribution in [0.1, 0.15) is 17.4 Å². The van der Waals surface area contributed by atoms with Crippen LogP contribution in [0, 0.1) is 10.1 Å². The summed E-state index contributed by atoms with van der Waals surface area (Å²) in [7, 11) is 0. The monoisotopic (exact) mass is 309 g/mol. The van der Waals surface area contributed by atoms with Crippen LogP contribution in [0.2, 0.25) is 0 Å². The fraction of sp³-hybridized carbons (Fsp3) is 0.214. The SMILES string of the molecule is CC(Cc1cccs1)(C(=O)Cl)c1cccc([N+](=O)[O-])c1. The largest absolute Gasteiger partial charge is 0.280 e. The Balaban J connectivity index is 2.44. The Morgan fingerprint density at radius 2 is 2.15 bits per heavy atom. The van der Waals surface area contributed by atoms with Crippen molar-refractivity contribution in [3.8, 4) is 0 Å². The van der Waals surface area contributed by atoms with Crippen LogP contribution in [0.5, 0.6) is 0 Å². The smallest absolute Gasteiger partial charge is 0.269 e. The molecule has 0 saturated heterocycles. The van der Waals surface area contributed by atoms with Crippen molar-refractivity contribution in [1.29, 1.82) is 0 Å². The number of halogens is 1. The predicted octanol–water partition coefficient (Wildman–Crippen LogP) is 3.92. The topological polar surface area (TPSA) is 60.2 Å². The summed E-state index contributed by atoms with van der Waals surface area (Å²) < 4.78 is 0. The number of hydrogen-bond donors (Lipinski definition) is 0. The molecule has 0 aliphatic carbocycles. The van der Waals surface area contributed by atoms with E-state index < -0.39 is 15.6 Å². The van der Waals surface area contributed by atoms with Crippen LogP contribution in [0.25, 0.3) is 0 Å². The molecule has 1 aromatic heterocycles. The van der Waals surface area contributed by atoms with Crippen molar-refractivity contribution >= 4 is 33.9 Å². The molecule has 0 amide bonds. The Kier molecular flexibility index (Phi) is 4.20. The van der Waals surface area contributed by atoms with Gasteiger partial charge in [-0.25, -0.2) is 0 Å². The number of thiophene rings is 1. The van der Waals surface area contributed by atoms with E-state index in [9.17, 15) is 14.9 Å². The van der Waals surface area contributed by atoms with Crippen LogP contribution >= 0.6 is 22.9 Å². The lowest BCUT2D eigenvalue weighted by atomic mass is 9.80. The molecule has 0 fully saturated rings. The molecule has 0 radical (unpaired) electrons. The number of carbonyl (C=O) groups excluding carboxylic acids is 1. The summed E-state index contributed by atoms with van der Waals surface area (Å²) >= 11 is 7.29. The minimum Gasteiger partial charge on any atom is -0.280 e. The zero-order valence-corrected chi connectivity index (χ0v) is 12.3. The second-order valence-electron chi connectivity index (χ2n) is 4.67. The number of carbonyl (C=O) groups is 1. The Labute approximate surface area is 125 Å². The molecule has 20 heavy (non-hydrogen) atoms. The summed E-state index contributed by atoms with van der Waals surface area (Å²) in [6, 6.07) is 9.88. The van der Waals surface area contributed by atoms with Crippen molar-refractivity contribution in [3.05, 3.63) is 62.3 Å². The quantitative estimate of drug-likeness (QED) is 0.478. The van der Waals surface area contributed by atoms with E-state index in [1.807, 2.05) is 17.5 Å². The summed E-state index contributed by atoms with van der Waals surface area (Å²) in [6.07, 6.45) is 0.425. The van der Waals surface area contributed by atoms with Crippen LogP contribution in [0.15, 0.2) is 41.8 Å². The molecule has 0 spiro atoms. The molecule has 0 aliphatic rings. The van der Waals surface area contributed by atoms with Crippen LogP contribution in [0.3, 0.4) is 0 Å². The maximum absolute atomic E-state index is 11.9. The second kappa shape index (κ2) is 5.73. The van der Waals surface area contributed by atoms with Gasteiger partial charge >= 0.3 is 0 Å². The number of nitro benzene ring substituents is 1. The highest BCUT2D eigenvalue weighted by Crippen LogP contribution is 2.33. The van der Waals surface area contributed by atoms with Crippen molar-refractivity contribution < 1.29 is 9.72 Å². The second-order valence-corrected chi connectivity index (χ2v) is 6.04. The average molecular weight is 310 g/mol. The molecule has 4 nitrogen and oxygen atoms in total. The van der Waals surface area contributed by atoms with E-state index in [1.54, 1.807) is 19.1 Å². The molecule has 0 bridgehead atoms. The predicted molar refractivity (Wildman–Crippen MR) is 79.3 cm³/mol. The zero-order valence-electron chi connectivity index (χ0n) is 10.7. The summed E-state index contributed by atoms with van der Waals surface area (Å²) in [5.41, 5.74) is -0.462. The fourth-order valence-corrected chi connectivity index (χ4v) is 3.05. The molecule has 6 heteroatoms. The lowest BCUT2D eigenvalue weighted by Gasteiger charge is -2.25. The van der Waals surface area contributed by atoms with E-state index in [4.69, 9.17) is 11.6 Å². The Hall–Kier alpha value is -1.72.